The molecule has 0 saturated heterocycles. The molecule has 10 heteroatoms. The van der Waals surface area contributed by atoms with E-state index in [0.717, 1.165) is 16.7 Å². The number of carbonyl (C=O) groups excluding carboxylic acids is 2. The maximum absolute atomic E-state index is 13.8. The minimum Gasteiger partial charge on any atom is -0.497 e. The van der Waals surface area contributed by atoms with Gasteiger partial charge in [0.15, 0.2) is 0 Å². The molecule has 1 aliphatic heterocycles. The number of methoxy groups -OCH3 is 2. The normalized spacial score (nSPS) is 14.5. The van der Waals surface area contributed by atoms with Gasteiger partial charge in [-0.15, -0.1) is 0 Å². The highest BCUT2D eigenvalue weighted by Crippen LogP contribution is 2.37. The second kappa shape index (κ2) is 13.0. The van der Waals surface area contributed by atoms with E-state index in [0.29, 0.717) is 22.9 Å². The van der Waals surface area contributed by atoms with Crippen molar-refractivity contribution in [2.45, 2.75) is 38.8 Å². The van der Waals surface area contributed by atoms with E-state index in [1.807, 2.05) is 38.1 Å². The Bertz CT molecular complexity index is 1900. The molecule has 0 fully saturated rings. The molecule has 0 radical (unpaired) electrons. The first kappa shape index (κ1) is 31.5. The lowest BCUT2D eigenvalue weighted by Gasteiger charge is -2.21. The Hall–Kier alpha value is -4.93. The zero-order valence-electron chi connectivity index (χ0n) is 25.7. The van der Waals surface area contributed by atoms with Crippen molar-refractivity contribution < 1.29 is 31.9 Å². The van der Waals surface area contributed by atoms with E-state index in [2.05, 4.69) is 0 Å². The molecule has 0 unspecified atom stereocenters. The van der Waals surface area contributed by atoms with Crippen LogP contribution in [0.15, 0.2) is 111 Å². The van der Waals surface area contributed by atoms with Gasteiger partial charge >= 0.3 is 5.97 Å². The summed E-state index contributed by atoms with van der Waals surface area (Å²) in [5.74, 6) is 0.0783. The summed E-state index contributed by atoms with van der Waals surface area (Å²) in [4.78, 5) is 28.2. The molecule has 0 bridgehead atoms. The first-order valence-corrected chi connectivity index (χ1v) is 15.7. The number of hydrogen-bond donors (Lipinski definition) is 0. The Balaban J connectivity index is 1.48. The van der Waals surface area contributed by atoms with Gasteiger partial charge in [0.1, 0.15) is 17.3 Å². The van der Waals surface area contributed by atoms with Crippen molar-refractivity contribution in [2.24, 2.45) is 0 Å². The average Bonchev–Trinajstić information content (AvgIpc) is 3.58. The molecule has 9 nitrogen and oxygen atoms in total. The molecule has 5 rings (SSSR count). The third-order valence-electron chi connectivity index (χ3n) is 7.54. The Morgan fingerprint density at radius 1 is 0.889 bits per heavy atom. The largest absolute Gasteiger partial charge is 0.497 e. The van der Waals surface area contributed by atoms with Crippen molar-refractivity contribution in [3.63, 3.8) is 0 Å². The van der Waals surface area contributed by atoms with Gasteiger partial charge in [0.05, 0.1) is 42.5 Å². The minimum absolute atomic E-state index is 0.0597. The quantitative estimate of drug-likeness (QED) is 0.153. The van der Waals surface area contributed by atoms with Crippen molar-refractivity contribution >= 4 is 33.7 Å². The molecule has 1 aromatic heterocycles. The molecule has 0 aliphatic carbocycles. The molecule has 2 heterocycles. The highest BCUT2D eigenvalue weighted by molar-refractivity contribution is 7.89. The fourth-order valence-corrected chi connectivity index (χ4v) is 6.49. The van der Waals surface area contributed by atoms with E-state index in [-0.39, 0.29) is 34.9 Å². The summed E-state index contributed by atoms with van der Waals surface area (Å²) in [5.41, 5.74) is 3.95. The molecule has 1 amide bonds. The number of aryl methyl sites for hydroxylation is 2. The number of amides is 1. The van der Waals surface area contributed by atoms with Crippen molar-refractivity contribution in [3.8, 4) is 5.75 Å². The van der Waals surface area contributed by atoms with Crippen LogP contribution in [0.5, 0.6) is 5.75 Å². The Morgan fingerprint density at radius 3 is 2.20 bits per heavy atom. The lowest BCUT2D eigenvalue weighted by atomic mass is 10.1. The van der Waals surface area contributed by atoms with Crippen LogP contribution in [0, 0.1) is 13.8 Å². The van der Waals surface area contributed by atoms with Crippen LogP contribution in [-0.2, 0) is 37.4 Å². The van der Waals surface area contributed by atoms with E-state index < -0.39 is 21.9 Å². The number of carbonyl (C=O) groups is 2. The van der Waals surface area contributed by atoms with E-state index in [1.54, 1.807) is 67.6 Å². The van der Waals surface area contributed by atoms with Gasteiger partial charge in [0.2, 0.25) is 10.0 Å². The second-order valence-electron chi connectivity index (χ2n) is 10.7. The number of ether oxygens (including phenoxy) is 2. The van der Waals surface area contributed by atoms with Gasteiger partial charge in [-0.05, 0) is 68.8 Å². The summed E-state index contributed by atoms with van der Waals surface area (Å²) in [7, 11) is -1.12. The Labute approximate surface area is 263 Å². The molecule has 45 heavy (non-hydrogen) atoms. The number of hydrogen-bond acceptors (Lipinski definition) is 7. The molecule has 232 valence electrons. The lowest BCUT2D eigenvalue weighted by molar-refractivity contribution is -0.136. The lowest BCUT2D eigenvalue weighted by Crippen LogP contribution is -2.30. The molecule has 0 N–H and O–H groups in total. The number of benzene rings is 3. The van der Waals surface area contributed by atoms with Gasteiger partial charge < -0.3 is 13.9 Å². The summed E-state index contributed by atoms with van der Waals surface area (Å²) >= 11 is 0. The fraction of sp³-hybridized carbons (Fsp3) is 0.200. The molecule has 1 aliphatic rings. The standard InChI is InChI=1S/C35H34N2O7S/c1-23-9-13-26(14-10-23)21-36(45(40,41)31-17-11-24(2)12-18-31)22-30-16-15-29(44-30)20-32-33(35(39)43-5)25(3)37(34(32)38)27-7-6-8-28(19-27)42-4/h6-20H,21-22H2,1-5H3/b32-20+. The molecule has 0 spiro atoms. The number of esters is 1. The fourth-order valence-electron chi connectivity index (χ4n) is 5.10. The highest BCUT2D eigenvalue weighted by Gasteiger charge is 2.38. The maximum Gasteiger partial charge on any atom is 0.340 e. The van der Waals surface area contributed by atoms with Crippen LogP contribution in [0.4, 0.5) is 5.69 Å². The Kier molecular flexibility index (Phi) is 9.08. The minimum atomic E-state index is -3.90. The molecule has 3 aromatic carbocycles. The van der Waals surface area contributed by atoms with Gasteiger partial charge in [0, 0.05) is 18.3 Å². The SMILES string of the molecule is COC(=O)C1=C(C)N(c2cccc(OC)c2)C(=O)/C1=C/c1ccc(CN(Cc2ccc(C)cc2)S(=O)(=O)c2ccc(C)cc2)o1. The summed E-state index contributed by atoms with van der Waals surface area (Å²) < 4.78 is 45.4. The summed E-state index contributed by atoms with van der Waals surface area (Å²) in [6, 6.07) is 24.6. The molecule has 4 aromatic rings. The number of anilines is 1. The van der Waals surface area contributed by atoms with Crippen LogP contribution in [0.3, 0.4) is 0 Å². The van der Waals surface area contributed by atoms with Gasteiger partial charge in [-0.3, -0.25) is 9.69 Å². The molecule has 0 saturated carbocycles. The van der Waals surface area contributed by atoms with E-state index in [4.69, 9.17) is 13.9 Å². The first-order valence-electron chi connectivity index (χ1n) is 14.2. The average molecular weight is 627 g/mol. The Morgan fingerprint density at radius 2 is 1.56 bits per heavy atom. The predicted octanol–water partition coefficient (Wildman–Crippen LogP) is 6.17. The number of allylic oxidation sites excluding steroid dienone is 1. The van der Waals surface area contributed by atoms with Crippen LogP contribution >= 0.6 is 0 Å². The van der Waals surface area contributed by atoms with E-state index in [9.17, 15) is 18.0 Å². The van der Waals surface area contributed by atoms with Crippen LogP contribution in [0.25, 0.3) is 6.08 Å². The highest BCUT2D eigenvalue weighted by atomic mass is 32.2. The topological polar surface area (TPSA) is 106 Å². The zero-order chi connectivity index (χ0) is 32.3. The van der Waals surface area contributed by atoms with Crippen molar-refractivity contribution in [1.29, 1.82) is 0 Å². The van der Waals surface area contributed by atoms with Crippen molar-refractivity contribution in [1.82, 2.24) is 4.31 Å². The summed E-state index contributed by atoms with van der Waals surface area (Å²) in [5, 5.41) is 0. The summed E-state index contributed by atoms with van der Waals surface area (Å²) in [6.45, 7) is 5.59. The third-order valence-corrected chi connectivity index (χ3v) is 9.35. The monoisotopic (exact) mass is 626 g/mol. The number of rotatable bonds is 10. The smallest absolute Gasteiger partial charge is 0.340 e. The number of sulfonamides is 1. The van der Waals surface area contributed by atoms with Crippen LogP contribution in [0.1, 0.15) is 35.1 Å². The maximum atomic E-state index is 13.8. The second-order valence-corrected chi connectivity index (χ2v) is 12.7. The van der Waals surface area contributed by atoms with Gasteiger partial charge in [0.25, 0.3) is 5.91 Å². The van der Waals surface area contributed by atoms with E-state index >= 15 is 0 Å². The van der Waals surface area contributed by atoms with Crippen LogP contribution < -0.4 is 9.64 Å². The molecule has 0 atom stereocenters. The first-order chi connectivity index (χ1) is 21.5. The predicted molar refractivity (Wildman–Crippen MR) is 171 cm³/mol. The number of nitrogens with zero attached hydrogens (tertiary/aromatic N) is 2. The zero-order valence-corrected chi connectivity index (χ0v) is 26.6. The van der Waals surface area contributed by atoms with Crippen LogP contribution in [-0.4, -0.2) is 38.8 Å². The summed E-state index contributed by atoms with van der Waals surface area (Å²) in [6.07, 6.45) is 1.47. The third kappa shape index (κ3) is 6.62. The van der Waals surface area contributed by atoms with Gasteiger partial charge in [-0.25, -0.2) is 13.2 Å². The van der Waals surface area contributed by atoms with Gasteiger partial charge in [-0.2, -0.15) is 4.31 Å². The van der Waals surface area contributed by atoms with Crippen LogP contribution in [0.2, 0.25) is 0 Å². The van der Waals surface area contributed by atoms with Crippen molar-refractivity contribution in [3.05, 3.63) is 130 Å². The van der Waals surface area contributed by atoms with Gasteiger partial charge in [-0.1, -0.05) is 53.6 Å². The van der Waals surface area contributed by atoms with E-state index in [1.165, 1.54) is 29.5 Å². The van der Waals surface area contributed by atoms with Crippen molar-refractivity contribution in [2.75, 3.05) is 19.1 Å². The number of furan rings is 1. The molecular weight excluding hydrogens is 592 g/mol. The molecular formula is C35H34N2O7S.